The third kappa shape index (κ3) is 2.97. The first-order chi connectivity index (χ1) is 12.0. The van der Waals surface area contributed by atoms with Gasteiger partial charge in [0.25, 0.3) is 0 Å². The normalized spacial score (nSPS) is 16.5. The monoisotopic (exact) mass is 354 g/mol. The number of hydrogen-bond donors (Lipinski definition) is 0. The van der Waals surface area contributed by atoms with Crippen molar-refractivity contribution in [1.82, 2.24) is 0 Å². The molecule has 3 rings (SSSR count). The van der Waals surface area contributed by atoms with E-state index in [9.17, 15) is 0 Å². The van der Waals surface area contributed by atoms with E-state index in [1.165, 1.54) is 33.0 Å². The van der Waals surface area contributed by atoms with Crippen LogP contribution in [0.1, 0.15) is 63.8 Å². The molecule has 26 heavy (non-hydrogen) atoms. The van der Waals surface area contributed by atoms with Crippen LogP contribution in [0.2, 0.25) is 0 Å². The second kappa shape index (κ2) is 6.35. The summed E-state index contributed by atoms with van der Waals surface area (Å²) < 4.78 is 11.3. The number of hydrogen-bond acceptors (Lipinski definition) is 2. The first-order valence-electron chi connectivity index (χ1n) is 9.63. The van der Waals surface area contributed by atoms with Crippen molar-refractivity contribution < 1.29 is 9.47 Å². The van der Waals surface area contributed by atoms with E-state index in [4.69, 9.17) is 9.47 Å². The highest BCUT2D eigenvalue weighted by Gasteiger charge is 2.42. The topological polar surface area (TPSA) is 18.5 Å². The summed E-state index contributed by atoms with van der Waals surface area (Å²) in [5, 5.41) is 2.84. The predicted molar refractivity (Wildman–Crippen MR) is 110 cm³/mol. The molecule has 0 saturated carbocycles. The molecule has 0 fully saturated rings. The number of benzene rings is 2. The molecule has 2 nitrogen and oxygen atoms in total. The number of methoxy groups -OCH3 is 2. The Balaban J connectivity index is 2.40. The quantitative estimate of drug-likeness (QED) is 0.719. The van der Waals surface area contributed by atoms with E-state index in [1.54, 1.807) is 14.2 Å². The summed E-state index contributed by atoms with van der Waals surface area (Å²) in [6.07, 6.45) is 0.984. The van der Waals surface area contributed by atoms with E-state index in [0.717, 1.165) is 6.42 Å². The van der Waals surface area contributed by atoms with E-state index in [1.807, 2.05) is 0 Å². The minimum atomic E-state index is -0.0863. The van der Waals surface area contributed by atoms with Gasteiger partial charge in [0, 0.05) is 19.6 Å². The van der Waals surface area contributed by atoms with Gasteiger partial charge in [-0.1, -0.05) is 65.8 Å². The van der Waals surface area contributed by atoms with Gasteiger partial charge in [0.15, 0.2) is 0 Å². The molecule has 0 atom stereocenters. The Morgan fingerprint density at radius 2 is 1.54 bits per heavy atom. The van der Waals surface area contributed by atoms with Gasteiger partial charge in [-0.05, 0) is 50.3 Å². The van der Waals surface area contributed by atoms with Crippen molar-refractivity contribution in [2.45, 2.75) is 64.2 Å². The molecule has 2 heteroatoms. The molecule has 0 radical (unpaired) electrons. The van der Waals surface area contributed by atoms with Gasteiger partial charge in [0.2, 0.25) is 0 Å². The van der Waals surface area contributed by atoms with E-state index in [2.05, 4.69) is 65.8 Å². The second-order valence-corrected chi connectivity index (χ2v) is 10.0. The highest BCUT2D eigenvalue weighted by atomic mass is 16.5. The maximum absolute atomic E-state index is 5.66. The maximum Gasteiger partial charge on any atom is 0.0584 e. The molecule has 0 bridgehead atoms. The highest BCUT2D eigenvalue weighted by Crippen LogP contribution is 2.48. The Kier molecular flexibility index (Phi) is 4.74. The van der Waals surface area contributed by atoms with Crippen molar-refractivity contribution in [3.63, 3.8) is 0 Å². The zero-order valence-corrected chi connectivity index (χ0v) is 17.7. The van der Waals surface area contributed by atoms with Crippen LogP contribution in [0.3, 0.4) is 0 Å². The fourth-order valence-electron chi connectivity index (χ4n) is 4.86. The Morgan fingerprint density at radius 1 is 0.923 bits per heavy atom. The molecule has 0 unspecified atom stereocenters. The average molecular weight is 355 g/mol. The van der Waals surface area contributed by atoms with Crippen molar-refractivity contribution in [3.05, 3.63) is 46.5 Å². The summed E-state index contributed by atoms with van der Waals surface area (Å²) in [6.45, 7) is 15.3. The maximum atomic E-state index is 5.66. The van der Waals surface area contributed by atoms with Gasteiger partial charge in [-0.2, -0.15) is 0 Å². The molecule has 2 aromatic rings. The molecular weight excluding hydrogens is 320 g/mol. The number of rotatable bonds is 4. The Hall–Kier alpha value is -1.38. The fourth-order valence-corrected chi connectivity index (χ4v) is 4.86. The SMILES string of the molecule is COCC1(COC)Cc2cc(C(C)(C)C)c(C(C)(C)C)c3cccc1c23. The molecule has 0 spiro atoms. The van der Waals surface area contributed by atoms with Gasteiger partial charge in [-0.15, -0.1) is 0 Å². The molecule has 1 aliphatic carbocycles. The van der Waals surface area contributed by atoms with Gasteiger partial charge >= 0.3 is 0 Å². The molecule has 0 amide bonds. The Morgan fingerprint density at radius 3 is 2.04 bits per heavy atom. The molecular formula is C24H34O2. The molecule has 0 N–H and O–H groups in total. The fraction of sp³-hybridized carbons (Fsp3) is 0.583. The van der Waals surface area contributed by atoms with Crippen LogP contribution in [-0.2, 0) is 32.1 Å². The standard InChI is InChI=1S/C24H34O2/c1-22(2,3)19-12-16-13-24(14-25-7,15-26-8)18-11-9-10-17(20(16)18)21(19)23(4,5)6/h9-12H,13-15H2,1-8H3. The van der Waals surface area contributed by atoms with Gasteiger partial charge < -0.3 is 9.47 Å². The summed E-state index contributed by atoms with van der Waals surface area (Å²) in [4.78, 5) is 0. The van der Waals surface area contributed by atoms with Crippen LogP contribution in [0.4, 0.5) is 0 Å². The second-order valence-electron chi connectivity index (χ2n) is 10.0. The van der Waals surface area contributed by atoms with Crippen molar-refractivity contribution in [2.24, 2.45) is 0 Å². The molecule has 1 aliphatic rings. The van der Waals surface area contributed by atoms with E-state index in [0.29, 0.717) is 13.2 Å². The van der Waals surface area contributed by atoms with Crippen molar-refractivity contribution in [1.29, 1.82) is 0 Å². The Bertz CT molecular complexity index is 813. The zero-order chi connectivity index (χ0) is 19.3. The lowest BCUT2D eigenvalue weighted by atomic mass is 9.72. The third-order valence-electron chi connectivity index (χ3n) is 5.74. The molecule has 0 aliphatic heterocycles. The van der Waals surface area contributed by atoms with Crippen LogP contribution in [0.25, 0.3) is 10.8 Å². The van der Waals surface area contributed by atoms with Gasteiger partial charge in [0.1, 0.15) is 0 Å². The van der Waals surface area contributed by atoms with E-state index in [-0.39, 0.29) is 16.2 Å². The van der Waals surface area contributed by atoms with Crippen LogP contribution in [0.5, 0.6) is 0 Å². The van der Waals surface area contributed by atoms with Crippen LogP contribution in [-0.4, -0.2) is 27.4 Å². The smallest absolute Gasteiger partial charge is 0.0584 e. The van der Waals surface area contributed by atoms with E-state index >= 15 is 0 Å². The first-order valence-corrected chi connectivity index (χ1v) is 9.63. The highest BCUT2D eigenvalue weighted by molar-refractivity contribution is 5.96. The third-order valence-corrected chi connectivity index (χ3v) is 5.74. The molecule has 2 aromatic carbocycles. The van der Waals surface area contributed by atoms with Crippen LogP contribution in [0, 0.1) is 0 Å². The first kappa shape index (κ1) is 19.4. The number of ether oxygens (including phenoxy) is 2. The van der Waals surface area contributed by atoms with E-state index < -0.39 is 0 Å². The lowest BCUT2D eigenvalue weighted by molar-refractivity contribution is 0.0623. The van der Waals surface area contributed by atoms with Crippen molar-refractivity contribution >= 4 is 10.8 Å². The summed E-state index contributed by atoms with van der Waals surface area (Å²) in [7, 11) is 3.59. The molecule has 0 heterocycles. The summed E-state index contributed by atoms with van der Waals surface area (Å²) in [6, 6.07) is 9.28. The summed E-state index contributed by atoms with van der Waals surface area (Å²) in [5.41, 5.74) is 5.90. The minimum Gasteiger partial charge on any atom is -0.384 e. The predicted octanol–water partition coefficient (Wildman–Crippen LogP) is 5.52. The van der Waals surface area contributed by atoms with Crippen LogP contribution >= 0.6 is 0 Å². The van der Waals surface area contributed by atoms with Gasteiger partial charge in [-0.25, -0.2) is 0 Å². The van der Waals surface area contributed by atoms with Crippen molar-refractivity contribution in [3.8, 4) is 0 Å². The van der Waals surface area contributed by atoms with Crippen LogP contribution in [0.15, 0.2) is 24.3 Å². The molecule has 0 saturated heterocycles. The molecule has 0 aromatic heterocycles. The molecule has 142 valence electrons. The summed E-state index contributed by atoms with van der Waals surface area (Å²) in [5.74, 6) is 0. The lowest BCUT2D eigenvalue weighted by Gasteiger charge is -2.32. The van der Waals surface area contributed by atoms with Gasteiger partial charge in [-0.3, -0.25) is 0 Å². The minimum absolute atomic E-state index is 0.0863. The Labute approximate surface area is 158 Å². The van der Waals surface area contributed by atoms with Crippen molar-refractivity contribution in [2.75, 3.05) is 27.4 Å². The van der Waals surface area contributed by atoms with Gasteiger partial charge in [0.05, 0.1) is 13.2 Å². The zero-order valence-electron chi connectivity index (χ0n) is 17.7. The largest absolute Gasteiger partial charge is 0.384 e. The lowest BCUT2D eigenvalue weighted by Crippen LogP contribution is -2.36. The van der Waals surface area contributed by atoms with Crippen LogP contribution < -0.4 is 0 Å². The average Bonchev–Trinajstić information content (AvgIpc) is 2.81. The summed E-state index contributed by atoms with van der Waals surface area (Å²) >= 11 is 0.